The first kappa shape index (κ1) is 20.6. The average Bonchev–Trinajstić information content (AvgIpc) is 3.20. The van der Waals surface area contributed by atoms with Crippen molar-refractivity contribution >= 4 is 17.5 Å². The van der Waals surface area contributed by atoms with Crippen LogP contribution in [-0.2, 0) is 0 Å². The van der Waals surface area contributed by atoms with Crippen molar-refractivity contribution in [3.05, 3.63) is 71.1 Å². The topological polar surface area (TPSA) is 50.2 Å². The van der Waals surface area contributed by atoms with Crippen LogP contribution >= 0.6 is 11.6 Å². The van der Waals surface area contributed by atoms with Crippen LogP contribution in [0.25, 0.3) is 16.9 Å². The molecule has 1 N–H and O–H groups in total. The van der Waals surface area contributed by atoms with Crippen LogP contribution in [0.15, 0.2) is 54.6 Å². The number of nitrogens with zero attached hydrogens (tertiary/aromatic N) is 3. The minimum atomic E-state index is -0.384. The summed E-state index contributed by atoms with van der Waals surface area (Å²) in [4.78, 5) is 15.3. The van der Waals surface area contributed by atoms with Crippen LogP contribution in [-0.4, -0.2) is 46.8 Å². The predicted octanol–water partition coefficient (Wildman–Crippen LogP) is 4.55. The molecule has 1 fully saturated rings. The summed E-state index contributed by atoms with van der Waals surface area (Å²) in [6, 6.07) is 15.1. The summed E-state index contributed by atoms with van der Waals surface area (Å²) in [6.07, 6.45) is 3.70. The maximum absolute atomic E-state index is 14.3. The molecule has 156 valence electrons. The minimum absolute atomic E-state index is 0.248. The molecule has 1 amide bonds. The molecule has 1 aromatic heterocycles. The van der Waals surface area contributed by atoms with E-state index in [-0.39, 0.29) is 11.7 Å². The van der Waals surface area contributed by atoms with E-state index >= 15 is 0 Å². The van der Waals surface area contributed by atoms with Crippen LogP contribution in [0.2, 0.25) is 5.02 Å². The Balaban J connectivity index is 1.60. The highest BCUT2D eigenvalue weighted by atomic mass is 35.5. The van der Waals surface area contributed by atoms with E-state index in [1.807, 2.05) is 6.07 Å². The smallest absolute Gasteiger partial charge is 0.270 e. The van der Waals surface area contributed by atoms with E-state index in [0.717, 1.165) is 19.6 Å². The number of aromatic nitrogens is 2. The third-order valence-corrected chi connectivity index (χ3v) is 5.54. The van der Waals surface area contributed by atoms with Crippen LogP contribution < -0.4 is 5.32 Å². The van der Waals surface area contributed by atoms with Crippen molar-refractivity contribution < 1.29 is 9.18 Å². The second kappa shape index (κ2) is 9.41. The summed E-state index contributed by atoms with van der Waals surface area (Å²) in [7, 11) is 0. The number of halogens is 2. The molecule has 1 aliphatic rings. The SMILES string of the molecule is O=C(NCCN1CCCCC1)c1cc(-c2ccccc2F)nn1-c1cccc(Cl)c1. The van der Waals surface area contributed by atoms with Crippen molar-refractivity contribution in [2.45, 2.75) is 19.3 Å². The molecular weight excluding hydrogens is 403 g/mol. The lowest BCUT2D eigenvalue weighted by atomic mass is 10.1. The van der Waals surface area contributed by atoms with Gasteiger partial charge in [-0.25, -0.2) is 9.07 Å². The van der Waals surface area contributed by atoms with Gasteiger partial charge in [0, 0.05) is 23.7 Å². The molecule has 0 saturated carbocycles. The van der Waals surface area contributed by atoms with Crippen molar-refractivity contribution in [1.82, 2.24) is 20.0 Å². The van der Waals surface area contributed by atoms with E-state index in [9.17, 15) is 9.18 Å². The Bertz CT molecular complexity index is 1030. The van der Waals surface area contributed by atoms with E-state index in [2.05, 4.69) is 15.3 Å². The molecule has 0 atom stereocenters. The fraction of sp³-hybridized carbons (Fsp3) is 0.304. The highest BCUT2D eigenvalue weighted by Crippen LogP contribution is 2.25. The molecule has 0 radical (unpaired) electrons. The van der Waals surface area contributed by atoms with Gasteiger partial charge in [0.2, 0.25) is 0 Å². The summed E-state index contributed by atoms with van der Waals surface area (Å²) in [6.45, 7) is 3.52. The van der Waals surface area contributed by atoms with Gasteiger partial charge in [-0.15, -0.1) is 0 Å². The summed E-state index contributed by atoms with van der Waals surface area (Å²) in [5.41, 5.74) is 1.73. The number of benzene rings is 2. The molecule has 0 bridgehead atoms. The normalized spacial score (nSPS) is 14.6. The lowest BCUT2D eigenvalue weighted by Gasteiger charge is -2.26. The first-order valence-corrected chi connectivity index (χ1v) is 10.6. The first-order chi connectivity index (χ1) is 14.6. The minimum Gasteiger partial charge on any atom is -0.349 e. The summed E-state index contributed by atoms with van der Waals surface area (Å²) >= 11 is 6.14. The number of carbonyl (C=O) groups is 1. The zero-order chi connectivity index (χ0) is 20.9. The maximum Gasteiger partial charge on any atom is 0.270 e. The van der Waals surface area contributed by atoms with Gasteiger partial charge in [-0.05, 0) is 62.3 Å². The molecule has 0 spiro atoms. The molecule has 0 unspecified atom stereocenters. The molecule has 4 rings (SSSR count). The highest BCUT2D eigenvalue weighted by molar-refractivity contribution is 6.30. The average molecular weight is 427 g/mol. The van der Waals surface area contributed by atoms with E-state index in [4.69, 9.17) is 11.6 Å². The molecule has 3 aromatic rings. The quantitative estimate of drug-likeness (QED) is 0.629. The number of rotatable bonds is 6. The van der Waals surface area contributed by atoms with Gasteiger partial charge < -0.3 is 10.2 Å². The van der Waals surface area contributed by atoms with Gasteiger partial charge in [-0.1, -0.05) is 36.2 Å². The molecule has 0 aliphatic carbocycles. The lowest BCUT2D eigenvalue weighted by molar-refractivity contribution is 0.0939. The lowest BCUT2D eigenvalue weighted by Crippen LogP contribution is -2.38. The van der Waals surface area contributed by atoms with Crippen molar-refractivity contribution in [2.24, 2.45) is 0 Å². The van der Waals surface area contributed by atoms with Gasteiger partial charge >= 0.3 is 0 Å². The van der Waals surface area contributed by atoms with Crippen molar-refractivity contribution in [3.63, 3.8) is 0 Å². The molecular formula is C23H24ClFN4O. The van der Waals surface area contributed by atoms with Gasteiger partial charge in [0.25, 0.3) is 5.91 Å². The van der Waals surface area contributed by atoms with Crippen LogP contribution in [0.5, 0.6) is 0 Å². The second-order valence-electron chi connectivity index (χ2n) is 7.44. The van der Waals surface area contributed by atoms with E-state index in [1.165, 1.54) is 30.0 Å². The van der Waals surface area contributed by atoms with Gasteiger partial charge in [-0.3, -0.25) is 4.79 Å². The summed E-state index contributed by atoms with van der Waals surface area (Å²) in [5, 5.41) is 8.03. The van der Waals surface area contributed by atoms with Crippen LogP contribution in [0, 0.1) is 5.82 Å². The van der Waals surface area contributed by atoms with Crippen LogP contribution in [0.4, 0.5) is 4.39 Å². The Morgan fingerprint density at radius 1 is 1.07 bits per heavy atom. The zero-order valence-electron chi connectivity index (χ0n) is 16.7. The number of hydrogen-bond acceptors (Lipinski definition) is 3. The summed E-state index contributed by atoms with van der Waals surface area (Å²) in [5.74, 6) is -0.632. The van der Waals surface area contributed by atoms with Crippen molar-refractivity contribution in [3.8, 4) is 16.9 Å². The standard InChI is InChI=1S/C23H24ClFN4O/c24-17-7-6-8-18(15-17)29-22(16-21(27-29)19-9-2-3-10-20(19)25)23(30)26-11-14-28-12-4-1-5-13-28/h2-3,6-10,15-16H,1,4-5,11-14H2,(H,26,30). The Morgan fingerprint density at radius 3 is 2.63 bits per heavy atom. The number of likely N-dealkylation sites (tertiary alicyclic amines) is 1. The predicted molar refractivity (Wildman–Crippen MR) is 117 cm³/mol. The largest absolute Gasteiger partial charge is 0.349 e. The number of piperidine rings is 1. The Kier molecular flexibility index (Phi) is 6.45. The number of amides is 1. The fourth-order valence-electron chi connectivity index (χ4n) is 3.75. The first-order valence-electron chi connectivity index (χ1n) is 10.2. The zero-order valence-corrected chi connectivity index (χ0v) is 17.4. The molecule has 7 heteroatoms. The third-order valence-electron chi connectivity index (χ3n) is 5.31. The Labute approximate surface area is 180 Å². The number of nitrogens with one attached hydrogen (secondary N) is 1. The van der Waals surface area contributed by atoms with E-state index in [1.54, 1.807) is 42.5 Å². The fourth-order valence-corrected chi connectivity index (χ4v) is 3.93. The Morgan fingerprint density at radius 2 is 1.87 bits per heavy atom. The molecule has 2 aromatic carbocycles. The summed E-state index contributed by atoms with van der Waals surface area (Å²) < 4.78 is 15.8. The number of carbonyl (C=O) groups excluding carboxylic acids is 1. The Hall–Kier alpha value is -2.70. The number of hydrogen-bond donors (Lipinski definition) is 1. The van der Waals surface area contributed by atoms with Crippen LogP contribution in [0.3, 0.4) is 0 Å². The van der Waals surface area contributed by atoms with E-state index < -0.39 is 0 Å². The second-order valence-corrected chi connectivity index (χ2v) is 7.88. The molecule has 1 saturated heterocycles. The molecule has 5 nitrogen and oxygen atoms in total. The highest BCUT2D eigenvalue weighted by Gasteiger charge is 2.19. The molecule has 30 heavy (non-hydrogen) atoms. The maximum atomic E-state index is 14.3. The van der Waals surface area contributed by atoms with Crippen molar-refractivity contribution in [1.29, 1.82) is 0 Å². The molecule has 1 aliphatic heterocycles. The van der Waals surface area contributed by atoms with Gasteiger partial charge in [0.15, 0.2) is 0 Å². The van der Waals surface area contributed by atoms with E-state index in [0.29, 0.717) is 34.2 Å². The molecule has 2 heterocycles. The van der Waals surface area contributed by atoms with Gasteiger partial charge in [0.1, 0.15) is 11.5 Å². The van der Waals surface area contributed by atoms with Crippen molar-refractivity contribution in [2.75, 3.05) is 26.2 Å². The van der Waals surface area contributed by atoms with Crippen LogP contribution in [0.1, 0.15) is 29.8 Å². The van der Waals surface area contributed by atoms with Gasteiger partial charge in [-0.2, -0.15) is 5.10 Å². The third kappa shape index (κ3) is 4.71. The van der Waals surface area contributed by atoms with Gasteiger partial charge in [0.05, 0.1) is 11.4 Å². The monoisotopic (exact) mass is 426 g/mol.